The molecule has 134 valence electrons. The van der Waals surface area contributed by atoms with Gasteiger partial charge in [0.1, 0.15) is 5.82 Å². The Hall–Kier alpha value is -0.850. The molecule has 0 N–H and O–H groups in total. The average Bonchev–Trinajstić information content (AvgIpc) is 2.63. The first-order chi connectivity index (χ1) is 11.8. The Kier molecular flexibility index (Phi) is 6.36. The summed E-state index contributed by atoms with van der Waals surface area (Å²) < 4.78 is 14.7. The molecule has 1 heteroatoms. The van der Waals surface area contributed by atoms with Gasteiger partial charge in [0, 0.05) is 5.41 Å². The molecule has 1 aromatic carbocycles. The van der Waals surface area contributed by atoms with E-state index >= 15 is 0 Å². The van der Waals surface area contributed by atoms with E-state index in [4.69, 9.17) is 0 Å². The van der Waals surface area contributed by atoms with Crippen LogP contribution in [0.1, 0.15) is 96.0 Å². The Morgan fingerprint density at radius 2 is 1.67 bits per heavy atom. The van der Waals surface area contributed by atoms with Crippen molar-refractivity contribution in [3.63, 3.8) is 0 Å². The fraction of sp³-hybridized carbons (Fsp3) is 0.739. The number of hydrogen-bond acceptors (Lipinski definition) is 0. The third-order valence-electron chi connectivity index (χ3n) is 7.00. The molecule has 2 aliphatic rings. The molecule has 0 heterocycles. The van der Waals surface area contributed by atoms with E-state index < -0.39 is 0 Å². The van der Waals surface area contributed by atoms with E-state index in [1.165, 1.54) is 83.5 Å². The van der Waals surface area contributed by atoms with Crippen LogP contribution in [-0.2, 0) is 5.41 Å². The van der Waals surface area contributed by atoms with Gasteiger partial charge >= 0.3 is 0 Å². The fourth-order valence-electron chi connectivity index (χ4n) is 5.63. The zero-order chi connectivity index (χ0) is 16.8. The predicted molar refractivity (Wildman–Crippen MR) is 101 cm³/mol. The highest BCUT2D eigenvalue weighted by Crippen LogP contribution is 2.51. The van der Waals surface area contributed by atoms with Crippen LogP contribution in [0, 0.1) is 17.7 Å². The molecule has 1 aromatic rings. The van der Waals surface area contributed by atoms with Crippen molar-refractivity contribution in [3.8, 4) is 0 Å². The maximum absolute atomic E-state index is 14.7. The Balaban J connectivity index is 1.71. The van der Waals surface area contributed by atoms with Gasteiger partial charge in [-0.15, -0.1) is 0 Å². The third kappa shape index (κ3) is 3.86. The van der Waals surface area contributed by atoms with Gasteiger partial charge in [0.25, 0.3) is 0 Å². The van der Waals surface area contributed by atoms with E-state index in [2.05, 4.69) is 13.0 Å². The lowest BCUT2D eigenvalue weighted by Crippen LogP contribution is -2.40. The molecule has 0 bridgehead atoms. The molecule has 2 aliphatic carbocycles. The Bertz CT molecular complexity index is 493. The molecule has 2 saturated carbocycles. The molecule has 0 radical (unpaired) electrons. The summed E-state index contributed by atoms with van der Waals surface area (Å²) in [5, 5.41) is 0. The highest BCUT2D eigenvalue weighted by atomic mass is 19.1. The molecule has 0 spiro atoms. The van der Waals surface area contributed by atoms with E-state index in [1.807, 2.05) is 12.1 Å². The lowest BCUT2D eigenvalue weighted by atomic mass is 9.57. The molecular formula is C23H35F. The number of benzene rings is 1. The highest BCUT2D eigenvalue weighted by molar-refractivity contribution is 5.29. The first kappa shape index (κ1) is 18.0. The lowest BCUT2D eigenvalue weighted by molar-refractivity contribution is 0.121. The number of halogens is 1. The van der Waals surface area contributed by atoms with Crippen LogP contribution in [0.5, 0.6) is 0 Å². The van der Waals surface area contributed by atoms with Gasteiger partial charge in [-0.1, -0.05) is 82.9 Å². The zero-order valence-electron chi connectivity index (χ0n) is 15.5. The smallest absolute Gasteiger partial charge is 0.126 e. The third-order valence-corrected chi connectivity index (χ3v) is 7.00. The molecule has 0 amide bonds. The van der Waals surface area contributed by atoms with Crippen molar-refractivity contribution in [2.45, 2.75) is 95.8 Å². The second-order valence-corrected chi connectivity index (χ2v) is 8.41. The van der Waals surface area contributed by atoms with E-state index in [1.54, 1.807) is 6.07 Å². The van der Waals surface area contributed by atoms with Gasteiger partial charge < -0.3 is 0 Å². The fourth-order valence-corrected chi connectivity index (χ4v) is 5.63. The van der Waals surface area contributed by atoms with E-state index in [0.29, 0.717) is 5.92 Å². The summed E-state index contributed by atoms with van der Waals surface area (Å²) in [7, 11) is 0. The number of unbranched alkanes of at least 4 members (excludes halogenated alkanes) is 2. The van der Waals surface area contributed by atoms with Crippen molar-refractivity contribution in [1.82, 2.24) is 0 Å². The van der Waals surface area contributed by atoms with Crippen LogP contribution in [0.4, 0.5) is 4.39 Å². The standard InChI is InChI=1S/C23H35F/c1-2-3-5-10-19-13-15-20(16-14-19)23(17-8-4-9-18-23)21-11-6-7-12-22(21)24/h6-7,11-12,19-20H,2-5,8-10,13-18H2,1H3/t19-,20-. The van der Waals surface area contributed by atoms with E-state index in [9.17, 15) is 4.39 Å². The monoisotopic (exact) mass is 330 g/mol. The topological polar surface area (TPSA) is 0 Å². The summed E-state index contributed by atoms with van der Waals surface area (Å²) >= 11 is 0. The first-order valence-corrected chi connectivity index (χ1v) is 10.5. The molecule has 2 fully saturated rings. The molecule has 3 rings (SSSR count). The van der Waals surface area contributed by atoms with E-state index in [-0.39, 0.29) is 11.2 Å². The van der Waals surface area contributed by atoms with Crippen molar-refractivity contribution in [2.24, 2.45) is 11.8 Å². The predicted octanol–water partition coefficient (Wildman–Crippen LogP) is 7.41. The van der Waals surface area contributed by atoms with Crippen LogP contribution in [-0.4, -0.2) is 0 Å². The average molecular weight is 331 g/mol. The molecule has 0 atom stereocenters. The van der Waals surface area contributed by atoms with Gasteiger partial charge in [0.2, 0.25) is 0 Å². The molecule has 0 aliphatic heterocycles. The minimum absolute atomic E-state index is 0.0458. The van der Waals surface area contributed by atoms with Crippen molar-refractivity contribution in [3.05, 3.63) is 35.6 Å². The molecule has 0 unspecified atom stereocenters. The molecule has 0 aromatic heterocycles. The zero-order valence-corrected chi connectivity index (χ0v) is 15.5. The minimum Gasteiger partial charge on any atom is -0.207 e. The quantitative estimate of drug-likeness (QED) is 0.476. The van der Waals surface area contributed by atoms with Gasteiger partial charge in [0.15, 0.2) is 0 Å². The van der Waals surface area contributed by atoms with Crippen molar-refractivity contribution in [2.75, 3.05) is 0 Å². The van der Waals surface area contributed by atoms with Gasteiger partial charge in [-0.05, 0) is 49.1 Å². The maximum atomic E-state index is 14.7. The van der Waals surface area contributed by atoms with Crippen molar-refractivity contribution >= 4 is 0 Å². The number of hydrogen-bond donors (Lipinski definition) is 0. The van der Waals surface area contributed by atoms with Crippen LogP contribution in [0.25, 0.3) is 0 Å². The Labute approximate surface area is 148 Å². The minimum atomic E-state index is 0.0458. The molecule has 0 saturated heterocycles. The van der Waals surface area contributed by atoms with Gasteiger partial charge in [-0.2, -0.15) is 0 Å². The second kappa shape index (κ2) is 8.50. The van der Waals surface area contributed by atoms with Crippen LogP contribution in [0.3, 0.4) is 0 Å². The summed E-state index contributed by atoms with van der Waals surface area (Å²) in [4.78, 5) is 0. The molecule has 24 heavy (non-hydrogen) atoms. The Morgan fingerprint density at radius 3 is 2.33 bits per heavy atom. The van der Waals surface area contributed by atoms with Crippen molar-refractivity contribution in [1.29, 1.82) is 0 Å². The van der Waals surface area contributed by atoms with Gasteiger partial charge in [0.05, 0.1) is 0 Å². The van der Waals surface area contributed by atoms with Crippen LogP contribution in [0.15, 0.2) is 24.3 Å². The largest absolute Gasteiger partial charge is 0.207 e. The maximum Gasteiger partial charge on any atom is 0.126 e. The van der Waals surface area contributed by atoms with Crippen LogP contribution < -0.4 is 0 Å². The highest BCUT2D eigenvalue weighted by Gasteiger charge is 2.43. The first-order valence-electron chi connectivity index (χ1n) is 10.5. The van der Waals surface area contributed by atoms with Crippen LogP contribution in [0.2, 0.25) is 0 Å². The summed E-state index contributed by atoms with van der Waals surface area (Å²) in [5.74, 6) is 1.69. The van der Waals surface area contributed by atoms with E-state index in [0.717, 1.165) is 11.5 Å². The molecule has 0 nitrogen and oxygen atoms in total. The SMILES string of the molecule is CCCCC[C@H]1CC[C@H](C2(c3ccccc3F)CCCCC2)CC1. The second-order valence-electron chi connectivity index (χ2n) is 8.41. The van der Waals surface area contributed by atoms with Crippen molar-refractivity contribution < 1.29 is 4.39 Å². The Morgan fingerprint density at radius 1 is 0.958 bits per heavy atom. The summed E-state index contributed by atoms with van der Waals surface area (Å²) in [6, 6.07) is 7.67. The summed E-state index contributed by atoms with van der Waals surface area (Å²) in [6.45, 7) is 2.29. The van der Waals surface area contributed by atoms with Crippen LogP contribution >= 0.6 is 0 Å². The summed E-state index contributed by atoms with van der Waals surface area (Å²) in [6.07, 6.45) is 17.3. The van der Waals surface area contributed by atoms with Gasteiger partial charge in [-0.25, -0.2) is 4.39 Å². The number of rotatable bonds is 6. The molecular weight excluding hydrogens is 295 g/mol. The van der Waals surface area contributed by atoms with Gasteiger partial charge in [-0.3, -0.25) is 0 Å². The normalized spacial score (nSPS) is 27.1. The summed E-state index contributed by atoms with van der Waals surface area (Å²) in [5.41, 5.74) is 1.18. The lowest BCUT2D eigenvalue weighted by Gasteiger charge is -2.47.